The number of rotatable bonds is 7. The van der Waals surface area contributed by atoms with E-state index in [1.807, 2.05) is 48.5 Å². The van der Waals surface area contributed by atoms with Crippen molar-refractivity contribution in [3.63, 3.8) is 0 Å². The summed E-state index contributed by atoms with van der Waals surface area (Å²) in [6.45, 7) is 12.5. The van der Waals surface area contributed by atoms with Crippen molar-refractivity contribution in [2.45, 2.75) is 46.5 Å². The number of pyridine rings is 1. The normalized spacial score (nSPS) is 11.6. The Bertz CT molecular complexity index is 2690. The van der Waals surface area contributed by atoms with E-state index in [9.17, 15) is 0 Å². The average molecular weight is 898 g/mol. The first-order chi connectivity index (χ1) is 25.7. The number of imidazole rings is 1. The molecule has 0 fully saturated rings. The van der Waals surface area contributed by atoms with Crippen molar-refractivity contribution in [3.8, 4) is 22.6 Å². The summed E-state index contributed by atoms with van der Waals surface area (Å²) in [5, 5.41) is 6.08. The van der Waals surface area contributed by atoms with Crippen LogP contribution in [0.25, 0.3) is 66.4 Å². The molecule has 1 radical (unpaired) electrons. The molecule has 0 saturated carbocycles. The van der Waals surface area contributed by atoms with E-state index in [4.69, 9.17) is 9.40 Å². The van der Waals surface area contributed by atoms with Gasteiger partial charge in [0.2, 0.25) is 0 Å². The summed E-state index contributed by atoms with van der Waals surface area (Å²) in [7, 11) is -1.34. The van der Waals surface area contributed by atoms with Gasteiger partial charge in [-0.25, -0.2) is 0 Å². The Balaban J connectivity index is 0.000000186. The molecule has 9 aromatic rings. The third kappa shape index (κ3) is 7.60. The molecule has 3 heterocycles. The van der Waals surface area contributed by atoms with Crippen molar-refractivity contribution in [1.29, 1.82) is 0 Å². The van der Waals surface area contributed by atoms with E-state index in [2.05, 4.69) is 146 Å². The number of aromatic nitrogens is 3. The van der Waals surface area contributed by atoms with Crippen LogP contribution < -0.4 is 5.19 Å². The van der Waals surface area contributed by atoms with Gasteiger partial charge in [0.1, 0.15) is 5.58 Å². The molecule has 6 heteroatoms. The minimum atomic E-state index is -1.34. The largest absolute Gasteiger partial charge is 0.501 e. The Morgan fingerprint density at radius 3 is 2.20 bits per heavy atom. The van der Waals surface area contributed by atoms with E-state index in [-0.39, 0.29) is 20.1 Å². The number of hydrogen-bond donors (Lipinski definition) is 0. The molecule has 0 aliphatic rings. The molecular weight excluding hydrogens is 855 g/mol. The van der Waals surface area contributed by atoms with E-state index < -0.39 is 8.07 Å². The predicted molar refractivity (Wildman–Crippen MR) is 224 cm³/mol. The number of fused-ring (bicyclic) bond motifs is 5. The van der Waals surface area contributed by atoms with Crippen LogP contribution in [-0.2, 0) is 33.1 Å². The molecule has 0 bridgehead atoms. The second kappa shape index (κ2) is 15.7. The minimum absolute atomic E-state index is 0. The second-order valence-corrected chi connectivity index (χ2v) is 20.3. The number of para-hydroxylation sites is 1. The Morgan fingerprint density at radius 1 is 0.741 bits per heavy atom. The first-order valence-electron chi connectivity index (χ1n) is 18.4. The summed E-state index contributed by atoms with van der Waals surface area (Å²) in [5.41, 5.74) is 9.50. The third-order valence-electron chi connectivity index (χ3n) is 9.77. The second-order valence-electron chi connectivity index (χ2n) is 15.2. The van der Waals surface area contributed by atoms with Crippen LogP contribution in [0.15, 0.2) is 144 Å². The zero-order valence-corrected chi connectivity index (χ0v) is 34.7. The average Bonchev–Trinajstić information content (AvgIpc) is 3.72. The van der Waals surface area contributed by atoms with Gasteiger partial charge in [-0.05, 0) is 57.8 Å². The van der Waals surface area contributed by atoms with E-state index >= 15 is 0 Å². The zero-order chi connectivity index (χ0) is 36.5. The summed E-state index contributed by atoms with van der Waals surface area (Å²) in [5.74, 6) is 1.54. The van der Waals surface area contributed by atoms with Gasteiger partial charge in [0, 0.05) is 38.2 Å². The van der Waals surface area contributed by atoms with Crippen LogP contribution in [-0.4, -0.2) is 22.6 Å². The van der Waals surface area contributed by atoms with Crippen molar-refractivity contribution in [2.75, 3.05) is 0 Å². The van der Waals surface area contributed by atoms with E-state index in [0.717, 1.165) is 68.6 Å². The molecule has 6 aromatic carbocycles. The smallest absolute Gasteiger partial charge is 0.120 e. The number of furan rings is 1. The van der Waals surface area contributed by atoms with Gasteiger partial charge in [-0.2, -0.15) is 0 Å². The topological polar surface area (TPSA) is 43.9 Å². The molecule has 0 unspecified atom stereocenters. The van der Waals surface area contributed by atoms with Gasteiger partial charge >= 0.3 is 0 Å². The molecule has 9 rings (SSSR count). The van der Waals surface area contributed by atoms with Crippen molar-refractivity contribution in [3.05, 3.63) is 163 Å². The number of nitrogens with zero attached hydrogens (tertiary/aromatic N) is 3. The Labute approximate surface area is 332 Å². The third-order valence-corrected chi connectivity index (χ3v) is 11.8. The Hall–Kier alpha value is -5.13. The quantitative estimate of drug-likeness (QED) is 0.118. The van der Waals surface area contributed by atoms with Crippen molar-refractivity contribution >= 4 is 57.0 Å². The van der Waals surface area contributed by atoms with Gasteiger partial charge in [-0.15, -0.1) is 54.1 Å². The first-order valence-corrected chi connectivity index (χ1v) is 21.9. The molecular formula is C48H43IrN3OSi-2. The van der Waals surface area contributed by atoms with Gasteiger partial charge in [-0.3, -0.25) is 4.98 Å². The van der Waals surface area contributed by atoms with Crippen LogP contribution in [0.5, 0.6) is 0 Å². The Kier molecular flexibility index (Phi) is 10.8. The summed E-state index contributed by atoms with van der Waals surface area (Å²) in [6.07, 6.45) is 3.24. The fourth-order valence-electron chi connectivity index (χ4n) is 7.27. The van der Waals surface area contributed by atoms with E-state index in [0.29, 0.717) is 5.92 Å². The summed E-state index contributed by atoms with van der Waals surface area (Å²) in [4.78, 5) is 9.81. The molecule has 54 heavy (non-hydrogen) atoms. The van der Waals surface area contributed by atoms with Crippen molar-refractivity contribution in [1.82, 2.24) is 14.5 Å². The summed E-state index contributed by atoms with van der Waals surface area (Å²) < 4.78 is 8.62. The molecule has 0 aliphatic heterocycles. The molecule has 0 aliphatic carbocycles. The first kappa shape index (κ1) is 37.2. The van der Waals surface area contributed by atoms with Gasteiger partial charge < -0.3 is 14.0 Å². The van der Waals surface area contributed by atoms with Gasteiger partial charge in [0.05, 0.1) is 30.5 Å². The van der Waals surface area contributed by atoms with Crippen molar-refractivity contribution < 1.29 is 24.5 Å². The van der Waals surface area contributed by atoms with Crippen LogP contribution in [0.4, 0.5) is 0 Å². The van der Waals surface area contributed by atoms with Crippen molar-refractivity contribution in [2.24, 2.45) is 5.92 Å². The van der Waals surface area contributed by atoms with E-state index in [1.54, 1.807) is 0 Å². The maximum Gasteiger partial charge on any atom is 0.120 e. The number of benzene rings is 6. The molecule has 0 saturated heterocycles. The molecule has 3 aromatic heterocycles. The fraction of sp³-hybridized carbons (Fsp3) is 0.167. The number of hydrogen-bond acceptors (Lipinski definition) is 3. The van der Waals surface area contributed by atoms with Gasteiger partial charge in [-0.1, -0.05) is 129 Å². The van der Waals surface area contributed by atoms with Crippen LogP contribution in [0.3, 0.4) is 0 Å². The molecule has 271 valence electrons. The molecule has 0 atom stereocenters. The molecule has 0 amide bonds. The van der Waals surface area contributed by atoms with Gasteiger partial charge in [0.25, 0.3) is 0 Å². The molecule has 0 spiro atoms. The standard InChI is InChI=1S/C30H19N2O.C18H24NSi.Ir/c1-2-9-20(10-3-1)19-32-27-18-22-12-5-4-11-21(22)17-26(27)31-30(32)25-15-8-14-24-23-13-6-7-16-28(23)33-29(24)25;1-14(2)11-16-12-17(15-9-7-6-8-10-15)19-13-18(16)20(3,4)5;/h1-14,16-18H,19H2;6-9,12-14H,11H2,1-5H3;/q2*-1;. The maximum atomic E-state index is 6.33. The van der Waals surface area contributed by atoms with Crippen LogP contribution in [0.2, 0.25) is 19.6 Å². The SMILES string of the molecule is CC(C)Cc1cc(-c2[c-]cccc2)ncc1[Si](C)(C)C.[Ir].[c-]1ccc2c(oc3ccccc32)c1-c1nc2cc3ccccc3cc2n1Cc1ccccc1. The Morgan fingerprint density at radius 2 is 1.46 bits per heavy atom. The summed E-state index contributed by atoms with van der Waals surface area (Å²) in [6, 6.07) is 52.6. The fourth-order valence-corrected chi connectivity index (χ4v) is 8.85. The predicted octanol–water partition coefficient (Wildman–Crippen LogP) is 11.9. The summed E-state index contributed by atoms with van der Waals surface area (Å²) >= 11 is 0. The molecule has 4 nitrogen and oxygen atoms in total. The van der Waals surface area contributed by atoms with Crippen LogP contribution in [0, 0.1) is 18.1 Å². The monoisotopic (exact) mass is 898 g/mol. The van der Waals surface area contributed by atoms with Gasteiger partial charge in [0.15, 0.2) is 0 Å². The van der Waals surface area contributed by atoms with Crippen LogP contribution >= 0.6 is 0 Å². The zero-order valence-electron chi connectivity index (χ0n) is 31.4. The minimum Gasteiger partial charge on any atom is -0.501 e. The van der Waals surface area contributed by atoms with E-state index in [1.165, 1.54) is 27.1 Å². The molecule has 0 N–H and O–H groups in total. The van der Waals surface area contributed by atoms with Crippen LogP contribution in [0.1, 0.15) is 25.0 Å². The maximum absolute atomic E-state index is 6.33.